The van der Waals surface area contributed by atoms with Gasteiger partial charge in [0.1, 0.15) is 17.2 Å². The lowest BCUT2D eigenvalue weighted by Crippen LogP contribution is -2.39. The van der Waals surface area contributed by atoms with Crippen molar-refractivity contribution < 1.29 is 13.8 Å². The molecule has 8 nitrogen and oxygen atoms in total. The normalized spacial score (nSPS) is 14.6. The van der Waals surface area contributed by atoms with Gasteiger partial charge in [-0.1, -0.05) is 28.5 Å². The van der Waals surface area contributed by atoms with Crippen LogP contribution in [0.2, 0.25) is 0 Å². The molecule has 0 bridgehead atoms. The molecule has 0 radical (unpaired) electrons. The molecule has 2 aromatic heterocycles. The molecule has 1 aromatic carbocycles. The fourth-order valence-electron chi connectivity index (χ4n) is 3.87. The van der Waals surface area contributed by atoms with E-state index in [4.69, 9.17) is 4.98 Å². The van der Waals surface area contributed by atoms with E-state index in [1.54, 1.807) is 25.3 Å². The van der Waals surface area contributed by atoms with Crippen LogP contribution in [0.3, 0.4) is 0 Å². The highest BCUT2D eigenvalue weighted by molar-refractivity contribution is 5.78. The number of carbonyl (C=O) groups excluding carboxylic acids is 1. The van der Waals surface area contributed by atoms with Crippen molar-refractivity contribution in [2.45, 2.75) is 32.1 Å². The van der Waals surface area contributed by atoms with Crippen LogP contribution in [0.25, 0.3) is 11.1 Å². The van der Waals surface area contributed by atoms with Crippen molar-refractivity contribution in [3.8, 4) is 11.1 Å². The Hall–Kier alpha value is -3.36. The third-order valence-corrected chi connectivity index (χ3v) is 5.67. The smallest absolute Gasteiger partial charge is 0.228 e. The fraction of sp³-hybridized carbons (Fsp3) is 0.409. The minimum Gasteiger partial charge on any atom is -0.347 e. The molecule has 0 unspecified atom stereocenters. The summed E-state index contributed by atoms with van der Waals surface area (Å²) in [5.74, 6) is 0.399. The fourth-order valence-corrected chi connectivity index (χ4v) is 3.87. The molecule has 1 aliphatic heterocycles. The summed E-state index contributed by atoms with van der Waals surface area (Å²) in [6.45, 7) is 2.98. The van der Waals surface area contributed by atoms with Crippen LogP contribution in [0.5, 0.6) is 0 Å². The van der Waals surface area contributed by atoms with Gasteiger partial charge in [-0.2, -0.15) is 0 Å². The van der Waals surface area contributed by atoms with E-state index in [0.717, 1.165) is 18.5 Å². The highest BCUT2D eigenvalue weighted by Gasteiger charge is 2.28. The molecule has 0 atom stereocenters. The minimum atomic E-state index is -0.297. The van der Waals surface area contributed by atoms with Gasteiger partial charge in [-0.15, -0.1) is 0 Å². The zero-order valence-corrected chi connectivity index (χ0v) is 17.9. The Kier molecular flexibility index (Phi) is 5.92. The molecule has 1 aliphatic rings. The number of likely N-dealkylation sites (tertiary alicyclic amines) is 1. The van der Waals surface area contributed by atoms with E-state index >= 15 is 0 Å². The van der Waals surface area contributed by atoms with Crippen LogP contribution in [0.4, 0.5) is 10.3 Å². The maximum Gasteiger partial charge on any atom is 0.228 e. The third-order valence-electron chi connectivity index (χ3n) is 5.67. The van der Waals surface area contributed by atoms with Crippen LogP contribution in [-0.2, 0) is 11.2 Å². The first-order valence-electron chi connectivity index (χ1n) is 10.3. The number of hydrogen-bond donors (Lipinski definition) is 0. The molecule has 162 valence electrons. The number of hydrogen-bond acceptors (Lipinski definition) is 7. The molecule has 4 rings (SSSR count). The van der Waals surface area contributed by atoms with Crippen molar-refractivity contribution in [2.24, 2.45) is 0 Å². The molecule has 0 N–H and O–H groups in total. The van der Waals surface area contributed by atoms with Gasteiger partial charge in [-0.3, -0.25) is 4.79 Å². The van der Waals surface area contributed by atoms with E-state index in [1.807, 2.05) is 30.0 Å². The Bertz CT molecular complexity index is 1080. The van der Waals surface area contributed by atoms with E-state index in [1.165, 1.54) is 6.07 Å². The average molecular weight is 424 g/mol. The number of carbonyl (C=O) groups is 1. The van der Waals surface area contributed by atoms with Gasteiger partial charge in [0.05, 0.1) is 12.1 Å². The number of nitrogens with zero attached hydrogens (tertiary/aromatic N) is 6. The van der Waals surface area contributed by atoms with E-state index in [9.17, 15) is 9.18 Å². The number of aryl methyl sites for hydroxylation is 1. The number of aromatic nitrogens is 4. The van der Waals surface area contributed by atoms with Gasteiger partial charge < -0.3 is 9.80 Å². The molecule has 9 heteroatoms. The Morgan fingerprint density at radius 3 is 2.58 bits per heavy atom. The third kappa shape index (κ3) is 4.40. The molecule has 0 aliphatic carbocycles. The minimum absolute atomic E-state index is 0.00300. The molecule has 3 heterocycles. The lowest BCUT2D eigenvalue weighted by atomic mass is 9.88. The Balaban J connectivity index is 1.54. The van der Waals surface area contributed by atoms with Crippen LogP contribution in [-0.4, -0.2) is 58.3 Å². The molecule has 31 heavy (non-hydrogen) atoms. The van der Waals surface area contributed by atoms with Gasteiger partial charge in [0, 0.05) is 50.4 Å². The van der Waals surface area contributed by atoms with Gasteiger partial charge in [0.2, 0.25) is 11.9 Å². The second-order valence-corrected chi connectivity index (χ2v) is 7.97. The van der Waals surface area contributed by atoms with Crippen LogP contribution in [0.15, 0.2) is 35.1 Å². The lowest BCUT2D eigenvalue weighted by Gasteiger charge is -2.32. The van der Waals surface area contributed by atoms with Gasteiger partial charge >= 0.3 is 0 Å². The summed E-state index contributed by atoms with van der Waals surface area (Å²) >= 11 is 0. The summed E-state index contributed by atoms with van der Waals surface area (Å²) in [6, 6.07) is 6.68. The molecule has 1 amide bonds. The van der Waals surface area contributed by atoms with E-state index in [-0.39, 0.29) is 24.1 Å². The lowest BCUT2D eigenvalue weighted by molar-refractivity contribution is -0.131. The molecule has 0 spiro atoms. The first-order chi connectivity index (χ1) is 14.9. The predicted octanol–water partition coefficient (Wildman–Crippen LogP) is 2.99. The molecular weight excluding hydrogens is 399 g/mol. The number of rotatable bonds is 5. The maximum absolute atomic E-state index is 14.5. The monoisotopic (exact) mass is 424 g/mol. The Morgan fingerprint density at radius 2 is 1.94 bits per heavy atom. The summed E-state index contributed by atoms with van der Waals surface area (Å²) in [5.41, 5.74) is 3.23. The maximum atomic E-state index is 14.5. The molecule has 1 saturated heterocycles. The van der Waals surface area contributed by atoms with E-state index in [2.05, 4.69) is 19.9 Å². The number of amides is 1. The van der Waals surface area contributed by atoms with Crippen molar-refractivity contribution in [3.05, 3.63) is 53.4 Å². The zero-order chi connectivity index (χ0) is 22.0. The van der Waals surface area contributed by atoms with E-state index in [0.29, 0.717) is 41.6 Å². The molecular formula is C22H25FN6O2. The topological polar surface area (TPSA) is 88.2 Å². The van der Waals surface area contributed by atoms with Crippen LogP contribution in [0.1, 0.15) is 35.8 Å². The van der Waals surface area contributed by atoms with Crippen molar-refractivity contribution in [2.75, 3.05) is 32.1 Å². The van der Waals surface area contributed by atoms with Crippen molar-refractivity contribution in [1.82, 2.24) is 25.2 Å². The molecule has 1 fully saturated rings. The van der Waals surface area contributed by atoms with Gasteiger partial charge in [0.15, 0.2) is 0 Å². The summed E-state index contributed by atoms with van der Waals surface area (Å²) in [6.07, 6.45) is 3.37. The largest absolute Gasteiger partial charge is 0.347 e. The number of halogens is 1. The standard InChI is InChI=1S/C22H25FN6O2/c1-14-19(27-31-26-14)12-20(30)29-10-8-15(9-11-29)21-17(13-24-22(25-21)28(2)3)16-6-4-5-7-18(16)23/h4-7,13,15H,8-12H2,1-3H3. The van der Waals surface area contributed by atoms with E-state index < -0.39 is 0 Å². The first kappa shape index (κ1) is 20.9. The average Bonchev–Trinajstić information content (AvgIpc) is 3.18. The SMILES string of the molecule is Cc1nonc1CC(=O)N1CCC(c2nc(N(C)C)ncc2-c2ccccc2F)CC1. The highest BCUT2D eigenvalue weighted by atomic mass is 19.1. The van der Waals surface area contributed by atoms with Gasteiger partial charge in [-0.25, -0.2) is 19.0 Å². The van der Waals surface area contributed by atoms with Crippen LogP contribution >= 0.6 is 0 Å². The second kappa shape index (κ2) is 8.79. The summed E-state index contributed by atoms with van der Waals surface area (Å²) in [4.78, 5) is 25.5. The molecule has 0 saturated carbocycles. The molecule has 3 aromatic rings. The van der Waals surface area contributed by atoms with Crippen molar-refractivity contribution in [3.63, 3.8) is 0 Å². The van der Waals surface area contributed by atoms with Crippen LogP contribution in [0, 0.1) is 12.7 Å². The van der Waals surface area contributed by atoms with Gasteiger partial charge in [-0.05, 0) is 25.8 Å². The summed E-state index contributed by atoms with van der Waals surface area (Å²) < 4.78 is 19.2. The highest BCUT2D eigenvalue weighted by Crippen LogP contribution is 2.35. The zero-order valence-electron chi connectivity index (χ0n) is 17.9. The Labute approximate surface area is 180 Å². The summed E-state index contributed by atoms with van der Waals surface area (Å²) in [5, 5.41) is 7.53. The van der Waals surface area contributed by atoms with Gasteiger partial charge in [0.25, 0.3) is 0 Å². The number of anilines is 1. The predicted molar refractivity (Wildman–Crippen MR) is 113 cm³/mol. The quantitative estimate of drug-likeness (QED) is 0.622. The summed E-state index contributed by atoms with van der Waals surface area (Å²) in [7, 11) is 3.76. The second-order valence-electron chi connectivity index (χ2n) is 7.97. The number of benzene rings is 1. The van der Waals surface area contributed by atoms with Crippen molar-refractivity contribution >= 4 is 11.9 Å². The van der Waals surface area contributed by atoms with Crippen molar-refractivity contribution in [1.29, 1.82) is 0 Å². The number of piperidine rings is 1. The Morgan fingerprint density at radius 1 is 1.19 bits per heavy atom. The van der Waals surface area contributed by atoms with Crippen LogP contribution < -0.4 is 4.90 Å². The first-order valence-corrected chi connectivity index (χ1v) is 10.3.